The van der Waals surface area contributed by atoms with E-state index in [0.717, 1.165) is 18.4 Å². The molecule has 0 spiro atoms. The summed E-state index contributed by atoms with van der Waals surface area (Å²) in [6.07, 6.45) is 2.20. The van der Waals surface area contributed by atoms with Crippen molar-refractivity contribution < 1.29 is 19.1 Å². The van der Waals surface area contributed by atoms with Gasteiger partial charge in [-0.1, -0.05) is 12.1 Å². The summed E-state index contributed by atoms with van der Waals surface area (Å²) in [5, 5.41) is 8.92. The maximum atomic E-state index is 13.0. The predicted octanol–water partition coefficient (Wildman–Crippen LogP) is 2.21. The first-order valence-corrected chi connectivity index (χ1v) is 6.86. The number of rotatable bonds is 3. The predicted molar refractivity (Wildman–Crippen MR) is 69.3 cm³/mol. The highest BCUT2D eigenvalue weighted by atomic mass is 19.1. The van der Waals surface area contributed by atoms with E-state index in [0.29, 0.717) is 13.0 Å². The smallest absolute Gasteiger partial charge is 0.307 e. The van der Waals surface area contributed by atoms with Gasteiger partial charge in [-0.15, -0.1) is 0 Å². The van der Waals surface area contributed by atoms with Gasteiger partial charge in [-0.3, -0.25) is 9.59 Å². The third-order valence-corrected chi connectivity index (χ3v) is 4.22. The fourth-order valence-electron chi connectivity index (χ4n) is 3.02. The summed E-state index contributed by atoms with van der Waals surface area (Å²) in [6, 6.07) is 6.15. The maximum Gasteiger partial charge on any atom is 0.307 e. The number of likely N-dealkylation sites (tertiary alicyclic amines) is 1. The molecular weight excluding hydrogens is 261 g/mol. The Balaban J connectivity index is 1.74. The summed E-state index contributed by atoms with van der Waals surface area (Å²) in [7, 11) is 0. The SMILES string of the molecule is O=C(O)C1CC1C(=O)N1CCCC1c1ccc(F)cc1. The molecule has 1 aliphatic heterocycles. The Hall–Kier alpha value is -1.91. The molecular formula is C15H16FNO3. The van der Waals surface area contributed by atoms with E-state index in [1.54, 1.807) is 17.0 Å². The van der Waals surface area contributed by atoms with Gasteiger partial charge in [0.25, 0.3) is 0 Å². The largest absolute Gasteiger partial charge is 0.481 e. The molecule has 0 aromatic heterocycles. The number of amides is 1. The van der Waals surface area contributed by atoms with Gasteiger partial charge in [0, 0.05) is 6.54 Å². The Kier molecular flexibility index (Phi) is 3.20. The third-order valence-electron chi connectivity index (χ3n) is 4.22. The van der Waals surface area contributed by atoms with E-state index in [9.17, 15) is 14.0 Å². The van der Waals surface area contributed by atoms with E-state index >= 15 is 0 Å². The zero-order valence-corrected chi connectivity index (χ0v) is 11.0. The van der Waals surface area contributed by atoms with Crippen LogP contribution in [0.1, 0.15) is 30.9 Å². The molecule has 1 saturated heterocycles. The topological polar surface area (TPSA) is 57.6 Å². The van der Waals surface area contributed by atoms with Gasteiger partial charge >= 0.3 is 5.97 Å². The number of carbonyl (C=O) groups is 2. The van der Waals surface area contributed by atoms with E-state index in [4.69, 9.17) is 5.11 Å². The number of benzene rings is 1. The monoisotopic (exact) mass is 277 g/mol. The van der Waals surface area contributed by atoms with Gasteiger partial charge in [-0.05, 0) is 37.0 Å². The molecule has 106 valence electrons. The number of hydrogen-bond donors (Lipinski definition) is 1. The Labute approximate surface area is 116 Å². The quantitative estimate of drug-likeness (QED) is 0.921. The maximum absolute atomic E-state index is 13.0. The van der Waals surface area contributed by atoms with E-state index in [2.05, 4.69) is 0 Å². The number of hydrogen-bond acceptors (Lipinski definition) is 2. The molecule has 3 unspecified atom stereocenters. The highest BCUT2D eigenvalue weighted by Gasteiger charge is 2.51. The van der Waals surface area contributed by atoms with Gasteiger partial charge in [-0.2, -0.15) is 0 Å². The highest BCUT2D eigenvalue weighted by molar-refractivity contribution is 5.89. The molecule has 5 heteroatoms. The van der Waals surface area contributed by atoms with Crippen LogP contribution >= 0.6 is 0 Å². The summed E-state index contributed by atoms with van der Waals surface area (Å²) in [6.45, 7) is 0.656. The molecule has 2 aliphatic rings. The van der Waals surface area contributed by atoms with Gasteiger partial charge in [0.05, 0.1) is 17.9 Å². The molecule has 3 atom stereocenters. The number of nitrogens with zero attached hydrogens (tertiary/aromatic N) is 1. The third kappa shape index (κ3) is 2.28. The van der Waals surface area contributed by atoms with Gasteiger partial charge in [-0.25, -0.2) is 4.39 Å². The average molecular weight is 277 g/mol. The fourth-order valence-corrected chi connectivity index (χ4v) is 3.02. The number of carboxylic acid groups (broad SMARTS) is 1. The van der Waals surface area contributed by atoms with Crippen molar-refractivity contribution in [2.75, 3.05) is 6.54 Å². The average Bonchev–Trinajstić information content (AvgIpc) is 3.09. The van der Waals surface area contributed by atoms with Crippen molar-refractivity contribution in [3.63, 3.8) is 0 Å². The molecule has 1 saturated carbocycles. The molecule has 4 nitrogen and oxygen atoms in total. The summed E-state index contributed by atoms with van der Waals surface area (Å²) in [4.78, 5) is 25.0. The molecule has 1 heterocycles. The van der Waals surface area contributed by atoms with Crippen molar-refractivity contribution in [2.45, 2.75) is 25.3 Å². The second kappa shape index (κ2) is 4.89. The van der Waals surface area contributed by atoms with Crippen LogP contribution < -0.4 is 0 Å². The van der Waals surface area contributed by atoms with Crippen molar-refractivity contribution in [2.24, 2.45) is 11.8 Å². The summed E-state index contributed by atoms with van der Waals surface area (Å²) in [5.74, 6) is -2.13. The van der Waals surface area contributed by atoms with Crippen LogP contribution in [-0.2, 0) is 9.59 Å². The molecule has 20 heavy (non-hydrogen) atoms. The van der Waals surface area contributed by atoms with Crippen LogP contribution in [0, 0.1) is 17.7 Å². The minimum Gasteiger partial charge on any atom is -0.481 e. The van der Waals surface area contributed by atoms with Crippen LogP contribution in [0.3, 0.4) is 0 Å². The standard InChI is InChI=1S/C15H16FNO3/c16-10-5-3-9(4-6-10)13-2-1-7-17(13)14(18)11-8-12(11)15(19)20/h3-6,11-13H,1-2,7-8H2,(H,19,20). The minimum atomic E-state index is -0.888. The lowest BCUT2D eigenvalue weighted by atomic mass is 10.0. The van der Waals surface area contributed by atoms with E-state index in [1.807, 2.05) is 0 Å². The van der Waals surface area contributed by atoms with Crippen molar-refractivity contribution in [1.82, 2.24) is 4.90 Å². The lowest BCUT2D eigenvalue weighted by Crippen LogP contribution is -2.32. The summed E-state index contributed by atoms with van der Waals surface area (Å²) in [5.41, 5.74) is 0.921. The van der Waals surface area contributed by atoms with Gasteiger partial charge in [0.1, 0.15) is 5.82 Å². The fraction of sp³-hybridized carbons (Fsp3) is 0.467. The molecule has 0 radical (unpaired) electrons. The minimum absolute atomic E-state index is 0.0434. The van der Waals surface area contributed by atoms with Crippen LogP contribution in [0.4, 0.5) is 4.39 Å². The van der Waals surface area contributed by atoms with E-state index in [1.165, 1.54) is 12.1 Å². The Morgan fingerprint density at radius 3 is 2.50 bits per heavy atom. The van der Waals surface area contributed by atoms with Crippen molar-refractivity contribution in [3.8, 4) is 0 Å². The number of halogens is 1. The Morgan fingerprint density at radius 2 is 1.90 bits per heavy atom. The molecule has 1 amide bonds. The summed E-state index contributed by atoms with van der Waals surface area (Å²) < 4.78 is 13.0. The zero-order valence-electron chi connectivity index (χ0n) is 11.0. The first-order valence-electron chi connectivity index (χ1n) is 6.86. The van der Waals surface area contributed by atoms with E-state index < -0.39 is 11.9 Å². The van der Waals surface area contributed by atoms with Crippen molar-refractivity contribution in [1.29, 1.82) is 0 Å². The molecule has 1 aromatic rings. The second-order valence-electron chi connectivity index (χ2n) is 5.53. The molecule has 3 rings (SSSR count). The van der Waals surface area contributed by atoms with Crippen molar-refractivity contribution >= 4 is 11.9 Å². The van der Waals surface area contributed by atoms with E-state index in [-0.39, 0.29) is 23.7 Å². The van der Waals surface area contributed by atoms with Crippen LogP contribution in [-0.4, -0.2) is 28.4 Å². The number of aliphatic carboxylic acids is 1. The number of carboxylic acids is 1. The molecule has 1 aliphatic carbocycles. The molecule has 1 N–H and O–H groups in total. The highest BCUT2D eigenvalue weighted by Crippen LogP contribution is 2.43. The zero-order chi connectivity index (χ0) is 14.3. The molecule has 2 fully saturated rings. The van der Waals surface area contributed by atoms with Gasteiger partial charge in [0.15, 0.2) is 0 Å². The molecule has 0 bridgehead atoms. The van der Waals surface area contributed by atoms with Gasteiger partial charge < -0.3 is 10.0 Å². The first kappa shape index (κ1) is 13.1. The Morgan fingerprint density at radius 1 is 1.20 bits per heavy atom. The normalized spacial score (nSPS) is 28.4. The lowest BCUT2D eigenvalue weighted by Gasteiger charge is -2.25. The van der Waals surface area contributed by atoms with Crippen LogP contribution in [0.5, 0.6) is 0 Å². The molecule has 1 aromatic carbocycles. The Bertz CT molecular complexity index is 543. The van der Waals surface area contributed by atoms with Crippen molar-refractivity contribution in [3.05, 3.63) is 35.6 Å². The number of carbonyl (C=O) groups excluding carboxylic acids is 1. The first-order chi connectivity index (χ1) is 9.58. The second-order valence-corrected chi connectivity index (χ2v) is 5.53. The summed E-state index contributed by atoms with van der Waals surface area (Å²) >= 11 is 0. The van der Waals surface area contributed by atoms with Crippen LogP contribution in [0.25, 0.3) is 0 Å². The lowest BCUT2D eigenvalue weighted by molar-refractivity contribution is -0.142. The van der Waals surface area contributed by atoms with Gasteiger partial charge in [0.2, 0.25) is 5.91 Å². The van der Waals surface area contributed by atoms with Crippen LogP contribution in [0.15, 0.2) is 24.3 Å². The van der Waals surface area contributed by atoms with Crippen LogP contribution in [0.2, 0.25) is 0 Å².